The number of hydrogen-bond donors (Lipinski definition) is 0. The summed E-state index contributed by atoms with van der Waals surface area (Å²) < 4.78 is 71.4. The number of alkyl halides is 3. The third-order valence-corrected chi connectivity index (χ3v) is 4.66. The fourth-order valence-corrected chi connectivity index (χ4v) is 3.05. The Kier molecular flexibility index (Phi) is 4.53. The van der Waals surface area contributed by atoms with Crippen LogP contribution in [-0.4, -0.2) is 21.7 Å². The Hall–Kier alpha value is -3.63. The van der Waals surface area contributed by atoms with Crippen molar-refractivity contribution in [2.45, 2.75) is 31.7 Å². The summed E-state index contributed by atoms with van der Waals surface area (Å²) in [5, 5.41) is 11.9. The largest absolute Gasteiger partial charge is 0.573 e. The number of hydrogen-bond acceptors (Lipinski definition) is 7. The summed E-state index contributed by atoms with van der Waals surface area (Å²) in [6.45, 7) is -0.0727. The van der Waals surface area contributed by atoms with E-state index in [1.807, 2.05) is 0 Å². The van der Waals surface area contributed by atoms with Crippen molar-refractivity contribution in [2.24, 2.45) is 0 Å². The molecule has 0 spiro atoms. The second kappa shape index (κ2) is 7.25. The Balaban J connectivity index is 1.38. The molecule has 31 heavy (non-hydrogen) atoms. The normalized spacial score (nSPS) is 14.2. The highest BCUT2D eigenvalue weighted by Crippen LogP contribution is 2.39. The molecule has 1 fully saturated rings. The lowest BCUT2D eigenvalue weighted by molar-refractivity contribution is -0.274. The summed E-state index contributed by atoms with van der Waals surface area (Å²) in [6.07, 6.45) is -2.76. The minimum absolute atomic E-state index is 0.0268. The van der Waals surface area contributed by atoms with E-state index in [2.05, 4.69) is 20.1 Å². The van der Waals surface area contributed by atoms with E-state index < -0.39 is 12.2 Å². The minimum atomic E-state index is -4.79. The lowest BCUT2D eigenvalue weighted by atomic mass is 10.0. The molecule has 160 valence electrons. The van der Waals surface area contributed by atoms with Gasteiger partial charge in [-0.1, -0.05) is 12.1 Å². The second-order valence-corrected chi connectivity index (χ2v) is 6.99. The van der Waals surface area contributed by atoms with E-state index in [0.29, 0.717) is 22.9 Å². The van der Waals surface area contributed by atoms with Gasteiger partial charge in [-0.25, -0.2) is 4.39 Å². The van der Waals surface area contributed by atoms with E-state index in [9.17, 15) is 17.6 Å². The third-order valence-electron chi connectivity index (χ3n) is 4.66. The first-order valence-electron chi connectivity index (χ1n) is 9.26. The number of aromatic nitrogens is 3. The van der Waals surface area contributed by atoms with Gasteiger partial charge in [-0.15, -0.1) is 23.4 Å². The molecule has 0 bridgehead atoms. The van der Waals surface area contributed by atoms with Gasteiger partial charge in [0.15, 0.2) is 12.4 Å². The van der Waals surface area contributed by atoms with Gasteiger partial charge in [-0.3, -0.25) is 0 Å². The maximum absolute atomic E-state index is 14.5. The van der Waals surface area contributed by atoms with Crippen LogP contribution in [0.5, 0.6) is 11.6 Å². The molecule has 0 amide bonds. The predicted octanol–water partition coefficient (Wildman–Crippen LogP) is 5.37. The number of rotatable bonds is 6. The van der Waals surface area contributed by atoms with Gasteiger partial charge in [-0.05, 0) is 53.4 Å². The lowest BCUT2D eigenvalue weighted by Gasteiger charge is -2.09. The first kappa shape index (κ1) is 19.3. The van der Waals surface area contributed by atoms with Gasteiger partial charge in [0.1, 0.15) is 5.75 Å². The highest BCUT2D eigenvalue weighted by Gasteiger charge is 2.31. The van der Waals surface area contributed by atoms with E-state index in [-0.39, 0.29) is 35.1 Å². The molecule has 0 saturated heterocycles. The Bertz CT molecular complexity index is 1230. The van der Waals surface area contributed by atoms with E-state index in [1.165, 1.54) is 18.2 Å². The van der Waals surface area contributed by atoms with Gasteiger partial charge in [0.25, 0.3) is 11.8 Å². The molecule has 0 N–H and O–H groups in total. The van der Waals surface area contributed by atoms with Gasteiger partial charge in [0.05, 0.1) is 5.39 Å². The number of ether oxygens (including phenoxy) is 2. The van der Waals surface area contributed by atoms with Crippen molar-refractivity contribution >= 4 is 11.0 Å². The Labute approximate surface area is 171 Å². The number of nitrogens with zero attached hydrogens (tertiary/aromatic N) is 3. The summed E-state index contributed by atoms with van der Waals surface area (Å²) in [7, 11) is 0. The van der Waals surface area contributed by atoms with Crippen molar-refractivity contribution in [3.05, 3.63) is 54.0 Å². The number of halogens is 4. The molecule has 0 radical (unpaired) electrons. The highest BCUT2D eigenvalue weighted by molar-refractivity contribution is 5.87. The molecule has 1 aliphatic rings. The van der Waals surface area contributed by atoms with Crippen LogP contribution in [0.2, 0.25) is 0 Å². The van der Waals surface area contributed by atoms with Crippen LogP contribution in [0.25, 0.3) is 22.1 Å². The summed E-state index contributed by atoms with van der Waals surface area (Å²) in [4.78, 5) is 0. The molecule has 1 saturated carbocycles. The van der Waals surface area contributed by atoms with Crippen molar-refractivity contribution in [3.63, 3.8) is 0 Å². The molecule has 0 unspecified atom stereocenters. The molecule has 0 atom stereocenters. The molecular weight excluding hydrogens is 422 g/mol. The molecule has 7 nitrogen and oxygen atoms in total. The summed E-state index contributed by atoms with van der Waals surface area (Å²) in [5.74, 6) is 0.0821. The van der Waals surface area contributed by atoms with E-state index in [1.54, 1.807) is 6.07 Å². The Morgan fingerprint density at radius 2 is 1.81 bits per heavy atom. The van der Waals surface area contributed by atoms with Crippen LogP contribution in [0.15, 0.2) is 45.3 Å². The Morgan fingerprint density at radius 3 is 2.52 bits per heavy atom. The smallest absolute Gasteiger partial charge is 0.465 e. The minimum Gasteiger partial charge on any atom is -0.465 e. The van der Waals surface area contributed by atoms with E-state index in [0.717, 1.165) is 25.0 Å². The van der Waals surface area contributed by atoms with Crippen molar-refractivity contribution in [1.29, 1.82) is 0 Å². The second-order valence-electron chi connectivity index (χ2n) is 6.99. The monoisotopic (exact) mass is 435 g/mol. The average molecular weight is 435 g/mol. The van der Waals surface area contributed by atoms with Crippen molar-refractivity contribution < 1.29 is 36.0 Å². The zero-order valence-corrected chi connectivity index (χ0v) is 15.6. The molecule has 0 aliphatic heterocycles. The van der Waals surface area contributed by atoms with Crippen LogP contribution < -0.4 is 9.47 Å². The molecular formula is C20H13F4N3O4. The quantitative estimate of drug-likeness (QED) is 0.377. The summed E-state index contributed by atoms with van der Waals surface area (Å²) in [5.41, 5.74) is 0.749. The summed E-state index contributed by atoms with van der Waals surface area (Å²) in [6, 6.07) is 7.80. The average Bonchev–Trinajstić information content (AvgIpc) is 3.31. The number of fused-ring (bicyclic) bond motifs is 1. The molecule has 11 heteroatoms. The van der Waals surface area contributed by atoms with Crippen molar-refractivity contribution in [3.8, 4) is 22.8 Å². The fraction of sp³-hybridized carbons (Fsp3) is 0.250. The SMILES string of the molecule is Fc1cc(-c2ccc(OC(F)(F)F)cc2)cc2c(OCc3nnc(C4CC4)o3)noc12. The molecule has 2 aromatic heterocycles. The zero-order chi connectivity index (χ0) is 21.6. The lowest BCUT2D eigenvalue weighted by Crippen LogP contribution is -2.16. The maximum atomic E-state index is 14.5. The van der Waals surface area contributed by atoms with Crippen LogP contribution in [0.1, 0.15) is 30.5 Å². The Morgan fingerprint density at radius 1 is 1.03 bits per heavy atom. The standard InChI is InChI=1S/C20H13F4N3O4/c21-15-8-12(10-3-5-13(6-4-10)30-20(22,23)24)7-14-17(15)31-27-19(14)28-9-16-25-26-18(29-16)11-1-2-11/h3-8,11H,1-2,9H2. The fourth-order valence-electron chi connectivity index (χ4n) is 3.05. The molecule has 1 aliphatic carbocycles. The van der Waals surface area contributed by atoms with Crippen LogP contribution in [0.3, 0.4) is 0 Å². The van der Waals surface area contributed by atoms with Crippen molar-refractivity contribution in [1.82, 2.24) is 15.4 Å². The summed E-state index contributed by atoms with van der Waals surface area (Å²) >= 11 is 0. The molecule has 2 heterocycles. The molecule has 4 aromatic rings. The zero-order valence-electron chi connectivity index (χ0n) is 15.6. The van der Waals surface area contributed by atoms with Gasteiger partial charge in [0, 0.05) is 5.92 Å². The van der Waals surface area contributed by atoms with Gasteiger partial charge < -0.3 is 18.4 Å². The van der Waals surface area contributed by atoms with Gasteiger partial charge in [-0.2, -0.15) is 0 Å². The molecule has 2 aromatic carbocycles. The van der Waals surface area contributed by atoms with Gasteiger partial charge >= 0.3 is 6.36 Å². The van der Waals surface area contributed by atoms with Crippen LogP contribution in [0, 0.1) is 5.82 Å². The van der Waals surface area contributed by atoms with Crippen LogP contribution in [0.4, 0.5) is 17.6 Å². The number of benzene rings is 2. The highest BCUT2D eigenvalue weighted by atomic mass is 19.4. The maximum Gasteiger partial charge on any atom is 0.573 e. The van der Waals surface area contributed by atoms with Crippen LogP contribution in [-0.2, 0) is 6.61 Å². The van der Waals surface area contributed by atoms with Crippen molar-refractivity contribution in [2.75, 3.05) is 0 Å². The first-order valence-corrected chi connectivity index (χ1v) is 9.26. The first-order chi connectivity index (χ1) is 14.9. The van der Waals surface area contributed by atoms with E-state index in [4.69, 9.17) is 13.7 Å². The van der Waals surface area contributed by atoms with Crippen LogP contribution >= 0.6 is 0 Å². The van der Waals surface area contributed by atoms with Gasteiger partial charge in [0.2, 0.25) is 11.5 Å². The van der Waals surface area contributed by atoms with E-state index >= 15 is 0 Å². The predicted molar refractivity (Wildman–Crippen MR) is 96.7 cm³/mol. The topological polar surface area (TPSA) is 83.4 Å². The third kappa shape index (κ3) is 4.16. The molecule has 5 rings (SSSR count).